The van der Waals surface area contributed by atoms with Crippen LogP contribution in [-0.4, -0.2) is 31.5 Å². The molecule has 0 saturated heterocycles. The number of carbonyl (C=O) groups excluding carboxylic acids is 1. The lowest BCUT2D eigenvalue weighted by Gasteiger charge is -2.25. The van der Waals surface area contributed by atoms with E-state index in [-0.39, 0.29) is 11.4 Å². The van der Waals surface area contributed by atoms with Crippen molar-refractivity contribution in [2.75, 3.05) is 7.05 Å². The Morgan fingerprint density at radius 2 is 2.24 bits per heavy atom. The van der Waals surface area contributed by atoms with Gasteiger partial charge < -0.3 is 0 Å². The normalized spacial score (nSPS) is 22.4. The third-order valence-electron chi connectivity index (χ3n) is 2.53. The molecule has 1 amide bonds. The second-order valence-electron chi connectivity index (χ2n) is 3.90. The maximum Gasteiger partial charge on any atom is 0.244 e. The summed E-state index contributed by atoms with van der Waals surface area (Å²) >= 11 is 0. The molecule has 0 aromatic heterocycles. The van der Waals surface area contributed by atoms with Gasteiger partial charge in [0.05, 0.1) is 0 Å². The van der Waals surface area contributed by atoms with E-state index in [1.54, 1.807) is 13.1 Å². The molecular weight excluding hydrogens is 211 g/mol. The van der Waals surface area contributed by atoms with E-state index in [4.69, 9.17) is 7.85 Å². The van der Waals surface area contributed by atoms with Crippen molar-refractivity contribution < 1.29 is 4.79 Å². The number of amides is 1. The van der Waals surface area contributed by atoms with E-state index in [0.717, 1.165) is 17.7 Å². The third-order valence-corrected chi connectivity index (χ3v) is 2.53. The van der Waals surface area contributed by atoms with Crippen LogP contribution in [0.3, 0.4) is 0 Å². The molecule has 17 heavy (non-hydrogen) atoms. The van der Waals surface area contributed by atoms with Gasteiger partial charge in [-0.2, -0.15) is 0 Å². The van der Waals surface area contributed by atoms with E-state index >= 15 is 0 Å². The number of allylic oxidation sites excluding steroid dienone is 3. The lowest BCUT2D eigenvalue weighted by molar-refractivity contribution is -0.122. The van der Waals surface area contributed by atoms with Crippen molar-refractivity contribution in [3.8, 4) is 0 Å². The van der Waals surface area contributed by atoms with Crippen LogP contribution in [-0.2, 0) is 4.79 Å². The highest BCUT2D eigenvalue weighted by Crippen LogP contribution is 2.17. The molecule has 0 fully saturated rings. The van der Waals surface area contributed by atoms with Crippen molar-refractivity contribution >= 4 is 19.6 Å². The lowest BCUT2D eigenvalue weighted by atomic mass is 9.88. The Balaban J connectivity index is 3.23. The van der Waals surface area contributed by atoms with Gasteiger partial charge in [0.1, 0.15) is 13.7 Å². The van der Waals surface area contributed by atoms with E-state index in [0.29, 0.717) is 5.84 Å². The number of likely N-dealkylation sites (N-methyl/N-ethyl adjacent to an activating group) is 1. The Kier molecular flexibility index (Phi) is 4.49. The summed E-state index contributed by atoms with van der Waals surface area (Å²) < 4.78 is 0. The van der Waals surface area contributed by atoms with Gasteiger partial charge in [0.15, 0.2) is 0 Å². The minimum Gasteiger partial charge on any atom is -0.296 e. The zero-order valence-corrected chi connectivity index (χ0v) is 10.8. The first-order chi connectivity index (χ1) is 8.01. The molecule has 1 aliphatic rings. The van der Waals surface area contributed by atoms with Crippen LogP contribution in [0.15, 0.2) is 40.0 Å². The molecule has 0 atom stereocenters. The van der Waals surface area contributed by atoms with Gasteiger partial charge in [-0.1, -0.05) is 25.2 Å². The molecular formula is C13H17BN2O. The summed E-state index contributed by atoms with van der Waals surface area (Å²) in [6.45, 7) is 5.87. The molecule has 0 aromatic rings. The number of hydrogen-bond acceptors (Lipinski definition) is 2. The van der Waals surface area contributed by atoms with E-state index in [1.807, 2.05) is 32.9 Å². The molecule has 0 aromatic carbocycles. The summed E-state index contributed by atoms with van der Waals surface area (Å²) in [6, 6.07) is 0. The average Bonchev–Trinajstić information content (AvgIpc) is 2.30. The fourth-order valence-corrected chi connectivity index (χ4v) is 1.64. The molecule has 1 rings (SSSR count). The zero-order chi connectivity index (χ0) is 13.0. The van der Waals surface area contributed by atoms with Gasteiger partial charge in [-0.15, -0.1) is 0 Å². The zero-order valence-electron chi connectivity index (χ0n) is 10.8. The highest BCUT2D eigenvalue weighted by molar-refractivity contribution is 6.40. The van der Waals surface area contributed by atoms with Gasteiger partial charge in [-0.25, -0.2) is 4.99 Å². The minimum atomic E-state index is -0.210. The quantitative estimate of drug-likeness (QED) is 0.666. The molecule has 3 nitrogen and oxygen atoms in total. The van der Waals surface area contributed by atoms with Crippen LogP contribution in [0.4, 0.5) is 0 Å². The smallest absolute Gasteiger partial charge is 0.244 e. The summed E-state index contributed by atoms with van der Waals surface area (Å²) in [5, 5.41) is 0. The van der Waals surface area contributed by atoms with Gasteiger partial charge in [-0.3, -0.25) is 9.69 Å². The van der Waals surface area contributed by atoms with Crippen molar-refractivity contribution in [3.05, 3.63) is 35.0 Å². The summed E-state index contributed by atoms with van der Waals surface area (Å²) in [4.78, 5) is 17.7. The highest BCUT2D eigenvalue weighted by atomic mass is 16.2. The molecule has 0 saturated carbocycles. The summed E-state index contributed by atoms with van der Waals surface area (Å²) in [6.07, 6.45) is 6.50. The Hall–Kier alpha value is -1.58. The van der Waals surface area contributed by atoms with Gasteiger partial charge in [0.2, 0.25) is 5.91 Å². The van der Waals surface area contributed by atoms with Crippen molar-refractivity contribution in [3.63, 3.8) is 0 Å². The molecule has 88 valence electrons. The van der Waals surface area contributed by atoms with E-state index < -0.39 is 0 Å². The molecule has 0 unspecified atom stereocenters. The molecule has 2 radical (unpaired) electrons. The predicted octanol–water partition coefficient (Wildman–Crippen LogP) is 2.17. The molecule has 0 N–H and O–H groups in total. The van der Waals surface area contributed by atoms with Gasteiger partial charge in [-0.05, 0) is 25.7 Å². The fraction of sp³-hybridized carbons (Fsp3) is 0.385. The van der Waals surface area contributed by atoms with Crippen LogP contribution in [0.5, 0.6) is 0 Å². The van der Waals surface area contributed by atoms with Gasteiger partial charge >= 0.3 is 0 Å². The van der Waals surface area contributed by atoms with Crippen molar-refractivity contribution in [1.29, 1.82) is 0 Å². The maximum absolute atomic E-state index is 11.7. The van der Waals surface area contributed by atoms with Crippen LogP contribution in [0.2, 0.25) is 0 Å². The largest absolute Gasteiger partial charge is 0.296 e. The number of rotatable bonds is 2. The Morgan fingerprint density at radius 1 is 1.59 bits per heavy atom. The van der Waals surface area contributed by atoms with E-state index in [9.17, 15) is 4.79 Å². The number of amidine groups is 1. The Morgan fingerprint density at radius 3 is 2.76 bits per heavy atom. The van der Waals surface area contributed by atoms with E-state index in [1.165, 1.54) is 4.90 Å². The summed E-state index contributed by atoms with van der Waals surface area (Å²) in [5.74, 6) is 0.438. The predicted molar refractivity (Wildman–Crippen MR) is 71.8 cm³/mol. The average molecular weight is 228 g/mol. The summed E-state index contributed by atoms with van der Waals surface area (Å²) in [5.41, 5.74) is 2.01. The van der Waals surface area contributed by atoms with Crippen LogP contribution < -0.4 is 0 Å². The van der Waals surface area contributed by atoms with Crippen LogP contribution >= 0.6 is 0 Å². The van der Waals surface area contributed by atoms with Gasteiger partial charge in [0.25, 0.3) is 0 Å². The molecule has 1 heterocycles. The topological polar surface area (TPSA) is 32.7 Å². The monoisotopic (exact) mass is 228 g/mol. The Labute approximate surface area is 104 Å². The van der Waals surface area contributed by atoms with Crippen molar-refractivity contribution in [1.82, 2.24) is 4.90 Å². The third kappa shape index (κ3) is 2.96. The number of nitrogens with zero attached hydrogens (tertiary/aromatic N) is 2. The molecule has 0 bridgehead atoms. The second kappa shape index (κ2) is 5.66. The molecule has 0 aliphatic carbocycles. The number of aliphatic imine (C=N–C) groups is 1. The molecule has 0 spiro atoms. The first kappa shape index (κ1) is 13.5. The number of hydrogen-bond donors (Lipinski definition) is 0. The van der Waals surface area contributed by atoms with Crippen LogP contribution in [0.1, 0.15) is 27.2 Å². The first-order valence-corrected chi connectivity index (χ1v) is 5.68. The maximum atomic E-state index is 11.7. The van der Waals surface area contributed by atoms with E-state index in [2.05, 4.69) is 4.99 Å². The van der Waals surface area contributed by atoms with Crippen molar-refractivity contribution in [2.45, 2.75) is 27.2 Å². The second-order valence-corrected chi connectivity index (χ2v) is 3.90. The SMILES string of the molecule is [B]C1=CC(=C/C)/C(=N/C(C)=C/CC)N(C)C1=O. The number of carbonyl (C=O) groups is 1. The highest BCUT2D eigenvalue weighted by Gasteiger charge is 2.23. The van der Waals surface area contributed by atoms with Crippen molar-refractivity contribution in [2.24, 2.45) is 4.99 Å². The Bertz CT molecular complexity index is 444. The molecule has 1 aliphatic heterocycles. The van der Waals surface area contributed by atoms with Gasteiger partial charge in [0, 0.05) is 18.3 Å². The minimum absolute atomic E-state index is 0.210. The fourth-order valence-electron chi connectivity index (χ4n) is 1.64. The summed E-state index contributed by atoms with van der Waals surface area (Å²) in [7, 11) is 7.33. The van der Waals surface area contributed by atoms with Crippen LogP contribution in [0, 0.1) is 0 Å². The standard InChI is InChI=1S/C13H17BN2O/c1-5-7-9(3)15-12-10(6-2)8-11(14)13(17)16(12)4/h6-8H,5H2,1-4H3/b9-7+,10-6-,15-12-. The lowest BCUT2D eigenvalue weighted by Crippen LogP contribution is -2.38. The van der Waals surface area contributed by atoms with Crippen LogP contribution in [0.25, 0.3) is 0 Å². The first-order valence-electron chi connectivity index (χ1n) is 5.68. The molecule has 4 heteroatoms.